The molecule has 1 amide bonds. The van der Waals surface area contributed by atoms with Crippen molar-refractivity contribution in [1.29, 1.82) is 5.26 Å². The van der Waals surface area contributed by atoms with Crippen molar-refractivity contribution in [3.63, 3.8) is 0 Å². The van der Waals surface area contributed by atoms with Crippen molar-refractivity contribution in [1.82, 2.24) is 24.2 Å². The summed E-state index contributed by atoms with van der Waals surface area (Å²) in [5, 5.41) is 11.9. The molecule has 2 heterocycles. The Hall–Kier alpha value is -4.31. The fraction of sp³-hybridized carbons (Fsp3) is 0.412. The van der Waals surface area contributed by atoms with E-state index in [2.05, 4.69) is 58.7 Å². The average molecular weight is 676 g/mol. The summed E-state index contributed by atoms with van der Waals surface area (Å²) in [6, 6.07) is 19.8. The molecule has 2 aromatic carbocycles. The molecule has 1 N–H and O–H groups in total. The number of hydrogen-bond acceptors (Lipinski definition) is 11. The van der Waals surface area contributed by atoms with E-state index < -0.39 is 26.8 Å². The summed E-state index contributed by atoms with van der Waals surface area (Å²) >= 11 is 0. The molecule has 48 heavy (non-hydrogen) atoms. The van der Waals surface area contributed by atoms with Crippen molar-refractivity contribution in [2.75, 3.05) is 25.1 Å². The number of fused-ring (bicyclic) bond motifs is 1. The summed E-state index contributed by atoms with van der Waals surface area (Å²) in [4.78, 5) is 39.1. The zero-order chi connectivity index (χ0) is 34.5. The molecule has 4 rings (SSSR count). The maximum Gasteiger partial charge on any atom is 0.338 e. The lowest BCUT2D eigenvalue weighted by Crippen LogP contribution is -2.35. The van der Waals surface area contributed by atoms with Gasteiger partial charge in [-0.1, -0.05) is 43.3 Å². The third-order valence-corrected chi connectivity index (χ3v) is 9.22. The standard InChI is InChI=1S/C34H42N7O6P/c1-6-28(20-46-48(45-19-13-18-35)41(24(2)3)25(4)5)47-29(21-44-34(43)27-16-11-8-12-17-27)40-23-38-30-31(36-22-37-32(30)40)39-33(42)26-14-9-7-10-15-26/h7-12,14-17,22-25,28-29H,6,13,19-21H2,1-5H3,(H,36,37,39,42)/t28-,29-,48?/m1/s1. The third kappa shape index (κ3) is 9.86. The molecule has 4 aromatic rings. The predicted molar refractivity (Wildman–Crippen MR) is 182 cm³/mol. The van der Waals surface area contributed by atoms with E-state index in [4.69, 9.17) is 23.8 Å². The number of esters is 1. The van der Waals surface area contributed by atoms with E-state index in [1.54, 1.807) is 53.1 Å². The van der Waals surface area contributed by atoms with E-state index >= 15 is 0 Å². The van der Waals surface area contributed by atoms with Crippen LogP contribution in [-0.4, -0.2) is 74.1 Å². The number of carbonyl (C=O) groups is 2. The van der Waals surface area contributed by atoms with Crippen LogP contribution in [0, 0.1) is 11.3 Å². The van der Waals surface area contributed by atoms with Gasteiger partial charge in [-0.15, -0.1) is 0 Å². The number of benzene rings is 2. The molecule has 0 bridgehead atoms. The first-order valence-corrected chi connectivity index (χ1v) is 17.0. The van der Waals surface area contributed by atoms with Crippen molar-refractivity contribution in [3.05, 3.63) is 84.4 Å². The minimum atomic E-state index is -1.49. The summed E-state index contributed by atoms with van der Waals surface area (Å²) in [5.74, 6) is -0.629. The Morgan fingerprint density at radius 1 is 0.938 bits per heavy atom. The Labute approximate surface area is 282 Å². The van der Waals surface area contributed by atoms with Gasteiger partial charge in [0.25, 0.3) is 14.4 Å². The van der Waals surface area contributed by atoms with E-state index in [9.17, 15) is 9.59 Å². The molecule has 0 fully saturated rings. The van der Waals surface area contributed by atoms with Crippen molar-refractivity contribution in [2.24, 2.45) is 0 Å². The first kappa shape index (κ1) is 36.5. The van der Waals surface area contributed by atoms with Crippen LogP contribution in [0.1, 0.15) is 74.4 Å². The Morgan fingerprint density at radius 2 is 1.60 bits per heavy atom. The van der Waals surface area contributed by atoms with Gasteiger partial charge in [-0.05, 0) is 58.4 Å². The van der Waals surface area contributed by atoms with E-state index in [1.165, 1.54) is 12.7 Å². The lowest BCUT2D eigenvalue weighted by molar-refractivity contribution is -0.0968. The Morgan fingerprint density at radius 3 is 2.23 bits per heavy atom. The Balaban J connectivity index is 1.59. The second-order valence-electron chi connectivity index (χ2n) is 11.3. The number of rotatable bonds is 18. The van der Waals surface area contributed by atoms with E-state index in [1.807, 2.05) is 19.1 Å². The molecule has 2 aromatic heterocycles. The lowest BCUT2D eigenvalue weighted by Gasteiger charge is -2.36. The first-order chi connectivity index (χ1) is 23.2. The molecule has 0 aliphatic heterocycles. The van der Waals surface area contributed by atoms with Gasteiger partial charge in [0, 0.05) is 17.6 Å². The number of carbonyl (C=O) groups excluding carboxylic acids is 2. The van der Waals surface area contributed by atoms with Crippen molar-refractivity contribution >= 4 is 37.4 Å². The number of hydrogen-bond donors (Lipinski definition) is 1. The topological polar surface area (TPSA) is 154 Å². The smallest absolute Gasteiger partial charge is 0.338 e. The van der Waals surface area contributed by atoms with Crippen LogP contribution in [0.25, 0.3) is 11.2 Å². The monoisotopic (exact) mass is 675 g/mol. The molecule has 0 aliphatic rings. The van der Waals surface area contributed by atoms with Crippen LogP contribution in [0.15, 0.2) is 73.3 Å². The normalized spacial score (nSPS) is 13.4. The zero-order valence-corrected chi connectivity index (χ0v) is 28.7. The van der Waals surface area contributed by atoms with Gasteiger partial charge in [0.15, 0.2) is 23.2 Å². The van der Waals surface area contributed by atoms with Gasteiger partial charge in [-0.2, -0.15) is 5.26 Å². The molecule has 0 saturated carbocycles. The van der Waals surface area contributed by atoms with Crippen molar-refractivity contribution in [2.45, 2.75) is 71.9 Å². The highest BCUT2D eigenvalue weighted by molar-refractivity contribution is 7.44. The Kier molecular flexibility index (Phi) is 13.9. The molecule has 14 heteroatoms. The molecule has 0 saturated heterocycles. The second-order valence-corrected chi connectivity index (χ2v) is 12.7. The number of ether oxygens (including phenoxy) is 2. The molecule has 1 unspecified atom stereocenters. The molecule has 0 aliphatic carbocycles. The van der Waals surface area contributed by atoms with Gasteiger partial charge in [0.1, 0.15) is 12.9 Å². The van der Waals surface area contributed by atoms with Gasteiger partial charge in [0.05, 0.1) is 43.7 Å². The predicted octanol–water partition coefficient (Wildman–Crippen LogP) is 6.52. The third-order valence-electron chi connectivity index (χ3n) is 7.14. The maximum absolute atomic E-state index is 12.9. The van der Waals surface area contributed by atoms with E-state index in [-0.39, 0.29) is 50.1 Å². The van der Waals surface area contributed by atoms with Gasteiger partial charge < -0.3 is 23.8 Å². The minimum absolute atomic E-state index is 0.137. The first-order valence-electron chi connectivity index (χ1n) is 15.9. The summed E-state index contributed by atoms with van der Waals surface area (Å²) < 4.78 is 28.5. The fourth-order valence-electron chi connectivity index (χ4n) is 4.85. The fourth-order valence-corrected chi connectivity index (χ4v) is 6.49. The number of aromatic nitrogens is 4. The van der Waals surface area contributed by atoms with Crippen LogP contribution in [-0.2, 0) is 18.5 Å². The van der Waals surface area contributed by atoms with Crippen LogP contribution in [0.3, 0.4) is 0 Å². The molecule has 13 nitrogen and oxygen atoms in total. The van der Waals surface area contributed by atoms with Gasteiger partial charge >= 0.3 is 5.97 Å². The van der Waals surface area contributed by atoms with Crippen LogP contribution < -0.4 is 5.32 Å². The number of anilines is 1. The molecular formula is C34H42N7O6P. The molecule has 0 spiro atoms. The molecule has 0 radical (unpaired) electrons. The zero-order valence-electron chi connectivity index (χ0n) is 27.9. The number of nitriles is 1. The summed E-state index contributed by atoms with van der Waals surface area (Å²) in [6.07, 6.45) is 2.34. The average Bonchev–Trinajstić information content (AvgIpc) is 3.53. The minimum Gasteiger partial charge on any atom is -0.457 e. The number of nitrogens with one attached hydrogen (secondary N) is 1. The SMILES string of the molecule is CC[C@H](COP(OCCC#N)N(C(C)C)C(C)C)O[C@H](COC(=O)c1ccccc1)n1cnc2c(NC(=O)c3ccccc3)ncnc21. The van der Waals surface area contributed by atoms with Gasteiger partial charge in [-0.25, -0.2) is 24.4 Å². The highest BCUT2D eigenvalue weighted by Gasteiger charge is 2.30. The van der Waals surface area contributed by atoms with Crippen LogP contribution in [0.5, 0.6) is 0 Å². The lowest BCUT2D eigenvalue weighted by atomic mass is 10.2. The van der Waals surface area contributed by atoms with Crippen LogP contribution >= 0.6 is 8.53 Å². The quantitative estimate of drug-likeness (QED) is 0.0696. The second kappa shape index (κ2) is 18.3. The Bertz CT molecular complexity index is 1640. The number of amides is 1. The van der Waals surface area contributed by atoms with Crippen LogP contribution in [0.4, 0.5) is 5.82 Å². The highest BCUT2D eigenvalue weighted by atomic mass is 31.2. The van der Waals surface area contributed by atoms with Crippen molar-refractivity contribution in [3.8, 4) is 6.07 Å². The molecule has 3 atom stereocenters. The summed E-state index contributed by atoms with van der Waals surface area (Å²) in [5.41, 5.74) is 1.58. The maximum atomic E-state index is 12.9. The highest BCUT2D eigenvalue weighted by Crippen LogP contribution is 2.46. The largest absolute Gasteiger partial charge is 0.457 e. The van der Waals surface area contributed by atoms with E-state index in [0.29, 0.717) is 28.7 Å². The summed E-state index contributed by atoms with van der Waals surface area (Å²) in [7, 11) is -1.49. The van der Waals surface area contributed by atoms with Crippen LogP contribution in [0.2, 0.25) is 0 Å². The molecular weight excluding hydrogens is 633 g/mol. The van der Waals surface area contributed by atoms with E-state index in [0.717, 1.165) is 0 Å². The van der Waals surface area contributed by atoms with Crippen molar-refractivity contribution < 1.29 is 28.1 Å². The van der Waals surface area contributed by atoms with Gasteiger partial charge in [-0.3, -0.25) is 9.36 Å². The number of imidazole rings is 1. The van der Waals surface area contributed by atoms with Gasteiger partial charge in [0.2, 0.25) is 0 Å². The summed E-state index contributed by atoms with van der Waals surface area (Å²) in [6.45, 7) is 10.5. The molecule has 254 valence electrons. The number of nitrogens with zero attached hydrogens (tertiary/aromatic N) is 6.